The summed E-state index contributed by atoms with van der Waals surface area (Å²) in [5, 5.41) is 14.1. The van der Waals surface area contributed by atoms with Gasteiger partial charge in [0, 0.05) is 19.9 Å². The van der Waals surface area contributed by atoms with Crippen LogP contribution in [-0.4, -0.2) is 33.7 Å². The van der Waals surface area contributed by atoms with Gasteiger partial charge in [-0.3, -0.25) is 4.68 Å². The van der Waals surface area contributed by atoms with Gasteiger partial charge in [0.25, 0.3) is 0 Å². The number of ether oxygens (including phenoxy) is 1. The summed E-state index contributed by atoms with van der Waals surface area (Å²) in [6.07, 6.45) is 11.3. The Morgan fingerprint density at radius 3 is 3.06 bits per heavy atom. The first-order chi connectivity index (χ1) is 8.74. The van der Waals surface area contributed by atoms with Crippen molar-refractivity contribution in [3.05, 3.63) is 18.0 Å². The summed E-state index contributed by atoms with van der Waals surface area (Å²) in [4.78, 5) is 0. The predicted molar refractivity (Wildman–Crippen MR) is 70.4 cm³/mol. The molecule has 1 aliphatic heterocycles. The standard InChI is InChI=1S/C14H24N2O2/c1-16-11-12(10-15-16)5-6-13(17)7-8-14-4-2-3-9-18-14/h10-11,13-14,17H,2-9H2,1H3. The van der Waals surface area contributed by atoms with Crippen molar-refractivity contribution in [1.29, 1.82) is 0 Å². The molecule has 0 amide bonds. The SMILES string of the molecule is Cn1cc(CCC(O)CCC2CCCCO2)cn1. The van der Waals surface area contributed by atoms with Crippen molar-refractivity contribution in [3.8, 4) is 0 Å². The van der Waals surface area contributed by atoms with Crippen LogP contribution in [0.4, 0.5) is 0 Å². The summed E-state index contributed by atoms with van der Waals surface area (Å²) in [5.41, 5.74) is 1.20. The number of hydrogen-bond donors (Lipinski definition) is 1. The first kappa shape index (κ1) is 13.6. The zero-order valence-electron chi connectivity index (χ0n) is 11.2. The van der Waals surface area contributed by atoms with Crippen LogP contribution in [0.3, 0.4) is 0 Å². The number of rotatable bonds is 6. The van der Waals surface area contributed by atoms with Crippen LogP contribution in [0.5, 0.6) is 0 Å². The van der Waals surface area contributed by atoms with Gasteiger partial charge in [0.15, 0.2) is 0 Å². The van der Waals surface area contributed by atoms with Crippen molar-refractivity contribution in [2.24, 2.45) is 7.05 Å². The zero-order valence-corrected chi connectivity index (χ0v) is 11.2. The third-order valence-electron chi connectivity index (χ3n) is 3.62. The minimum atomic E-state index is -0.212. The lowest BCUT2D eigenvalue weighted by atomic mass is 10.00. The summed E-state index contributed by atoms with van der Waals surface area (Å²) in [7, 11) is 1.92. The molecular formula is C14H24N2O2. The molecule has 1 aromatic heterocycles. The first-order valence-corrected chi connectivity index (χ1v) is 7.01. The molecule has 4 heteroatoms. The molecule has 0 aromatic carbocycles. The first-order valence-electron chi connectivity index (χ1n) is 7.01. The molecule has 4 nitrogen and oxygen atoms in total. The van der Waals surface area contributed by atoms with E-state index in [1.807, 2.05) is 19.4 Å². The van der Waals surface area contributed by atoms with E-state index in [9.17, 15) is 5.11 Å². The molecule has 2 atom stereocenters. The average Bonchev–Trinajstić information content (AvgIpc) is 2.81. The summed E-state index contributed by atoms with van der Waals surface area (Å²) >= 11 is 0. The van der Waals surface area contributed by atoms with Crippen molar-refractivity contribution in [1.82, 2.24) is 9.78 Å². The van der Waals surface area contributed by atoms with Crippen LogP contribution >= 0.6 is 0 Å². The van der Waals surface area contributed by atoms with E-state index in [4.69, 9.17) is 4.74 Å². The minimum absolute atomic E-state index is 0.212. The van der Waals surface area contributed by atoms with Gasteiger partial charge in [-0.05, 0) is 50.5 Å². The van der Waals surface area contributed by atoms with E-state index >= 15 is 0 Å². The van der Waals surface area contributed by atoms with E-state index in [1.54, 1.807) is 4.68 Å². The highest BCUT2D eigenvalue weighted by Gasteiger charge is 2.15. The minimum Gasteiger partial charge on any atom is -0.393 e. The monoisotopic (exact) mass is 252 g/mol. The van der Waals surface area contributed by atoms with Crippen LogP contribution in [0, 0.1) is 0 Å². The second kappa shape index (κ2) is 6.90. The fourth-order valence-corrected chi connectivity index (χ4v) is 2.49. The van der Waals surface area contributed by atoms with Gasteiger partial charge in [-0.25, -0.2) is 0 Å². The Morgan fingerprint density at radius 2 is 2.39 bits per heavy atom. The van der Waals surface area contributed by atoms with Crippen LogP contribution in [0.15, 0.2) is 12.4 Å². The van der Waals surface area contributed by atoms with Gasteiger partial charge in [-0.1, -0.05) is 0 Å². The molecule has 1 aromatic rings. The van der Waals surface area contributed by atoms with Crippen LogP contribution < -0.4 is 0 Å². The van der Waals surface area contributed by atoms with Crippen molar-refractivity contribution >= 4 is 0 Å². The number of aromatic nitrogens is 2. The van der Waals surface area contributed by atoms with E-state index < -0.39 is 0 Å². The Labute approximate surface area is 109 Å². The molecule has 1 aliphatic rings. The molecule has 1 saturated heterocycles. The fourth-order valence-electron chi connectivity index (χ4n) is 2.49. The Bertz CT molecular complexity index is 345. The molecule has 2 unspecified atom stereocenters. The van der Waals surface area contributed by atoms with Gasteiger partial charge >= 0.3 is 0 Å². The molecule has 18 heavy (non-hydrogen) atoms. The van der Waals surface area contributed by atoms with Crippen molar-refractivity contribution in [3.63, 3.8) is 0 Å². The van der Waals surface area contributed by atoms with Gasteiger partial charge in [0.2, 0.25) is 0 Å². The van der Waals surface area contributed by atoms with E-state index in [-0.39, 0.29) is 6.10 Å². The Kier molecular flexibility index (Phi) is 5.20. The third-order valence-corrected chi connectivity index (χ3v) is 3.62. The number of nitrogens with zero attached hydrogens (tertiary/aromatic N) is 2. The highest BCUT2D eigenvalue weighted by Crippen LogP contribution is 2.19. The number of hydrogen-bond acceptors (Lipinski definition) is 3. The Hall–Kier alpha value is -0.870. The van der Waals surface area contributed by atoms with Crippen molar-refractivity contribution in [2.75, 3.05) is 6.61 Å². The van der Waals surface area contributed by atoms with Crippen LogP contribution in [0.25, 0.3) is 0 Å². The van der Waals surface area contributed by atoms with E-state index in [2.05, 4.69) is 5.10 Å². The highest BCUT2D eigenvalue weighted by atomic mass is 16.5. The maximum absolute atomic E-state index is 9.97. The lowest BCUT2D eigenvalue weighted by Gasteiger charge is -2.23. The molecule has 102 valence electrons. The normalized spacial score (nSPS) is 22.0. The summed E-state index contributed by atoms with van der Waals surface area (Å²) < 4.78 is 7.47. The topological polar surface area (TPSA) is 47.3 Å². The smallest absolute Gasteiger partial charge is 0.0576 e. The van der Waals surface area contributed by atoms with E-state index in [0.717, 1.165) is 38.7 Å². The van der Waals surface area contributed by atoms with Gasteiger partial charge in [-0.15, -0.1) is 0 Å². The largest absolute Gasteiger partial charge is 0.393 e. The quantitative estimate of drug-likeness (QED) is 0.843. The lowest BCUT2D eigenvalue weighted by Crippen LogP contribution is -2.21. The molecule has 0 spiro atoms. The Morgan fingerprint density at radius 1 is 1.50 bits per heavy atom. The fraction of sp³-hybridized carbons (Fsp3) is 0.786. The second-order valence-electron chi connectivity index (χ2n) is 5.28. The van der Waals surface area contributed by atoms with Gasteiger partial charge < -0.3 is 9.84 Å². The van der Waals surface area contributed by atoms with Gasteiger partial charge in [-0.2, -0.15) is 5.10 Å². The average molecular weight is 252 g/mol. The zero-order chi connectivity index (χ0) is 12.8. The van der Waals surface area contributed by atoms with E-state index in [1.165, 1.54) is 18.4 Å². The van der Waals surface area contributed by atoms with Crippen molar-refractivity contribution < 1.29 is 9.84 Å². The molecule has 1 fully saturated rings. The molecule has 0 saturated carbocycles. The van der Waals surface area contributed by atoms with Crippen LogP contribution in [0.1, 0.15) is 44.1 Å². The molecular weight excluding hydrogens is 228 g/mol. The molecule has 1 N–H and O–H groups in total. The van der Waals surface area contributed by atoms with Crippen molar-refractivity contribution in [2.45, 2.75) is 57.2 Å². The van der Waals surface area contributed by atoms with Crippen LogP contribution in [-0.2, 0) is 18.2 Å². The van der Waals surface area contributed by atoms with Crippen LogP contribution in [0.2, 0.25) is 0 Å². The third kappa shape index (κ3) is 4.42. The maximum Gasteiger partial charge on any atom is 0.0576 e. The molecule has 0 bridgehead atoms. The molecule has 2 rings (SSSR count). The summed E-state index contributed by atoms with van der Waals surface area (Å²) in [5.74, 6) is 0. The number of aliphatic hydroxyl groups excluding tert-OH is 1. The molecule has 0 radical (unpaired) electrons. The predicted octanol–water partition coefficient (Wildman–Crippen LogP) is 2.06. The van der Waals surface area contributed by atoms with Gasteiger partial charge in [0.05, 0.1) is 18.4 Å². The molecule has 0 aliphatic carbocycles. The second-order valence-corrected chi connectivity index (χ2v) is 5.28. The lowest BCUT2D eigenvalue weighted by molar-refractivity contribution is 0.00178. The highest BCUT2D eigenvalue weighted by molar-refractivity contribution is 5.03. The van der Waals surface area contributed by atoms with Gasteiger partial charge in [0.1, 0.15) is 0 Å². The maximum atomic E-state index is 9.97. The molecule has 2 heterocycles. The number of aliphatic hydroxyl groups is 1. The Balaban J connectivity index is 1.61. The summed E-state index contributed by atoms with van der Waals surface area (Å²) in [6.45, 7) is 0.899. The van der Waals surface area contributed by atoms with E-state index in [0.29, 0.717) is 6.10 Å². The summed E-state index contributed by atoms with van der Waals surface area (Å²) in [6, 6.07) is 0. The number of aryl methyl sites for hydroxylation is 2.